The molecule has 1 rings (SSSR count). The molecular weight excluding hydrogens is 436 g/mol. The van der Waals surface area contributed by atoms with Gasteiger partial charge in [-0.2, -0.15) is 0 Å². The van der Waals surface area contributed by atoms with Crippen LogP contribution in [0.5, 0.6) is 0 Å². The van der Waals surface area contributed by atoms with E-state index in [4.69, 9.17) is 22.3 Å². The Morgan fingerprint density at radius 2 is 1.33 bits per heavy atom. The Balaban J connectivity index is 3.05. The van der Waals surface area contributed by atoms with Crippen LogP contribution >= 0.6 is 0 Å². The minimum absolute atomic E-state index is 0.0107. The van der Waals surface area contributed by atoms with Gasteiger partial charge in [-0.3, -0.25) is 28.8 Å². The topological polar surface area (TPSA) is 237 Å². The van der Waals surface area contributed by atoms with E-state index in [0.717, 1.165) is 0 Å². The molecule has 0 saturated carbocycles. The van der Waals surface area contributed by atoms with E-state index in [1.165, 1.54) is 6.92 Å². The van der Waals surface area contributed by atoms with Crippen LogP contribution in [0.1, 0.15) is 25.3 Å². The van der Waals surface area contributed by atoms with E-state index < -0.39 is 72.5 Å². The normalized spacial score (nSPS) is 14.1. The van der Waals surface area contributed by atoms with Crippen LogP contribution in [0.2, 0.25) is 0 Å². The number of carbonyl (C=O) groups is 6. The number of hydrogen-bond donors (Lipinski definition) is 7. The molecular formula is C20H28N6O7. The van der Waals surface area contributed by atoms with E-state index in [9.17, 15) is 28.8 Å². The Morgan fingerprint density at radius 1 is 0.818 bits per heavy atom. The van der Waals surface area contributed by atoms with Crippen molar-refractivity contribution in [3.63, 3.8) is 0 Å². The van der Waals surface area contributed by atoms with Crippen molar-refractivity contribution in [2.45, 2.75) is 50.4 Å². The monoisotopic (exact) mass is 464 g/mol. The van der Waals surface area contributed by atoms with Gasteiger partial charge in [0, 0.05) is 6.42 Å². The predicted molar refractivity (Wildman–Crippen MR) is 115 cm³/mol. The minimum atomic E-state index is -1.50. The number of nitrogens with one attached hydrogen (secondary N) is 3. The summed E-state index contributed by atoms with van der Waals surface area (Å²) < 4.78 is 0. The zero-order chi connectivity index (χ0) is 25.1. The first kappa shape index (κ1) is 27.0. The third kappa shape index (κ3) is 9.78. The van der Waals surface area contributed by atoms with Crippen LogP contribution in [0.3, 0.4) is 0 Å². The Kier molecular flexibility index (Phi) is 10.5. The van der Waals surface area contributed by atoms with Crippen molar-refractivity contribution < 1.29 is 33.9 Å². The number of amides is 5. The van der Waals surface area contributed by atoms with Gasteiger partial charge in [0.25, 0.3) is 0 Å². The zero-order valence-corrected chi connectivity index (χ0v) is 17.9. The summed E-state index contributed by atoms with van der Waals surface area (Å²) in [4.78, 5) is 71.1. The van der Waals surface area contributed by atoms with Gasteiger partial charge in [0.15, 0.2) is 0 Å². The number of primary amides is 2. The lowest BCUT2D eigenvalue weighted by molar-refractivity contribution is -0.142. The van der Waals surface area contributed by atoms with Crippen LogP contribution in [0, 0.1) is 0 Å². The molecule has 0 bridgehead atoms. The van der Waals surface area contributed by atoms with Crippen LogP contribution < -0.4 is 33.2 Å². The van der Waals surface area contributed by atoms with Gasteiger partial charge in [-0.1, -0.05) is 30.3 Å². The number of carboxylic acids is 1. The fourth-order valence-corrected chi connectivity index (χ4v) is 2.71. The van der Waals surface area contributed by atoms with Crippen LogP contribution in [0.4, 0.5) is 0 Å². The smallest absolute Gasteiger partial charge is 0.325 e. The second-order valence-corrected chi connectivity index (χ2v) is 7.33. The number of rotatable bonds is 13. The molecule has 0 fully saturated rings. The summed E-state index contributed by atoms with van der Waals surface area (Å²) in [5, 5.41) is 15.9. The quantitative estimate of drug-likeness (QED) is 0.157. The Labute approximate surface area is 189 Å². The summed E-state index contributed by atoms with van der Waals surface area (Å²) in [6.45, 7) is 1.25. The van der Waals surface area contributed by atoms with Gasteiger partial charge in [-0.05, 0) is 12.5 Å². The Morgan fingerprint density at radius 3 is 1.85 bits per heavy atom. The molecule has 0 aliphatic rings. The maximum absolute atomic E-state index is 12.8. The summed E-state index contributed by atoms with van der Waals surface area (Å²) in [7, 11) is 0. The van der Waals surface area contributed by atoms with E-state index in [2.05, 4.69) is 16.0 Å². The molecule has 5 amide bonds. The van der Waals surface area contributed by atoms with Gasteiger partial charge in [0.2, 0.25) is 29.5 Å². The predicted octanol–water partition coefficient (Wildman–Crippen LogP) is -3.13. The lowest BCUT2D eigenvalue weighted by atomic mass is 10.0. The summed E-state index contributed by atoms with van der Waals surface area (Å²) in [5.74, 6) is -5.72. The summed E-state index contributed by atoms with van der Waals surface area (Å²) in [6.07, 6.45) is -1.13. The largest absolute Gasteiger partial charge is 0.480 e. The molecule has 0 radical (unpaired) electrons. The first-order chi connectivity index (χ1) is 15.4. The van der Waals surface area contributed by atoms with Crippen LogP contribution in [0.25, 0.3) is 0 Å². The molecule has 0 spiro atoms. The highest BCUT2D eigenvalue weighted by Crippen LogP contribution is 2.05. The number of aliphatic carboxylic acids is 1. The van der Waals surface area contributed by atoms with Gasteiger partial charge in [-0.15, -0.1) is 0 Å². The maximum atomic E-state index is 12.8. The number of hydrogen-bond acceptors (Lipinski definition) is 7. The molecule has 1 aromatic carbocycles. The number of carboxylic acid groups (broad SMARTS) is 1. The highest BCUT2D eigenvalue weighted by atomic mass is 16.4. The molecule has 13 heteroatoms. The second kappa shape index (κ2) is 12.8. The fraction of sp³-hybridized carbons (Fsp3) is 0.400. The molecule has 4 unspecified atom stereocenters. The van der Waals surface area contributed by atoms with Crippen LogP contribution in [-0.2, 0) is 35.2 Å². The van der Waals surface area contributed by atoms with Crippen LogP contribution in [-0.4, -0.2) is 64.8 Å². The molecule has 0 saturated heterocycles. The van der Waals surface area contributed by atoms with Crippen molar-refractivity contribution in [2.24, 2.45) is 17.2 Å². The molecule has 0 aliphatic carbocycles. The Hall–Kier alpha value is -4.00. The number of nitrogens with two attached hydrogens (primary N) is 3. The van der Waals surface area contributed by atoms with Gasteiger partial charge in [0.05, 0.1) is 18.9 Å². The van der Waals surface area contributed by atoms with E-state index >= 15 is 0 Å². The molecule has 10 N–H and O–H groups in total. The molecule has 0 heterocycles. The molecule has 0 aliphatic heterocycles. The van der Waals surface area contributed by atoms with Gasteiger partial charge in [0.1, 0.15) is 18.1 Å². The Bertz CT molecular complexity index is 892. The van der Waals surface area contributed by atoms with E-state index in [1.54, 1.807) is 30.3 Å². The van der Waals surface area contributed by atoms with Crippen molar-refractivity contribution in [3.05, 3.63) is 35.9 Å². The standard InChI is InChI=1S/C20H28N6O7/c1-10(20(32)33)24-18(30)13(7-11-5-3-2-4-6-11)26-19(31)14(9-16(23)28)25-17(29)12(21)8-15(22)27/h2-6,10,12-14H,7-9,21H2,1H3,(H2,22,27)(H2,23,28)(H,24,30)(H,25,29)(H,26,31)(H,32,33). The van der Waals surface area contributed by atoms with Gasteiger partial charge < -0.3 is 38.3 Å². The zero-order valence-electron chi connectivity index (χ0n) is 17.9. The molecule has 180 valence electrons. The van der Waals surface area contributed by atoms with E-state index in [-0.39, 0.29) is 6.42 Å². The van der Waals surface area contributed by atoms with E-state index in [1.807, 2.05) is 0 Å². The average molecular weight is 464 g/mol. The lowest BCUT2D eigenvalue weighted by Crippen LogP contribution is -2.58. The van der Waals surface area contributed by atoms with Crippen molar-refractivity contribution >= 4 is 35.5 Å². The van der Waals surface area contributed by atoms with Crippen molar-refractivity contribution in [1.82, 2.24) is 16.0 Å². The highest BCUT2D eigenvalue weighted by molar-refractivity contribution is 5.96. The summed E-state index contributed by atoms with van der Waals surface area (Å²) >= 11 is 0. The molecule has 1 aromatic rings. The summed E-state index contributed by atoms with van der Waals surface area (Å²) in [6, 6.07) is 3.20. The van der Waals surface area contributed by atoms with E-state index in [0.29, 0.717) is 5.56 Å². The maximum Gasteiger partial charge on any atom is 0.325 e. The third-order valence-corrected chi connectivity index (χ3v) is 4.44. The number of carbonyl (C=O) groups excluding carboxylic acids is 5. The number of benzene rings is 1. The van der Waals surface area contributed by atoms with Gasteiger partial charge >= 0.3 is 5.97 Å². The third-order valence-electron chi connectivity index (χ3n) is 4.44. The van der Waals surface area contributed by atoms with Crippen molar-refractivity contribution in [1.29, 1.82) is 0 Å². The van der Waals surface area contributed by atoms with Crippen LogP contribution in [0.15, 0.2) is 30.3 Å². The molecule has 0 aromatic heterocycles. The lowest BCUT2D eigenvalue weighted by Gasteiger charge is -2.24. The summed E-state index contributed by atoms with van der Waals surface area (Å²) in [5.41, 5.74) is 16.4. The van der Waals surface area contributed by atoms with Crippen molar-refractivity contribution in [3.8, 4) is 0 Å². The van der Waals surface area contributed by atoms with Gasteiger partial charge in [-0.25, -0.2) is 0 Å². The second-order valence-electron chi connectivity index (χ2n) is 7.33. The van der Waals surface area contributed by atoms with Crippen molar-refractivity contribution in [2.75, 3.05) is 0 Å². The SMILES string of the molecule is CC(NC(=O)C(Cc1ccccc1)NC(=O)C(CC(N)=O)NC(=O)C(N)CC(N)=O)C(=O)O. The first-order valence-corrected chi connectivity index (χ1v) is 9.90. The first-order valence-electron chi connectivity index (χ1n) is 9.90. The molecule has 33 heavy (non-hydrogen) atoms. The molecule has 4 atom stereocenters. The minimum Gasteiger partial charge on any atom is -0.480 e. The average Bonchev–Trinajstić information content (AvgIpc) is 2.72. The fourth-order valence-electron chi connectivity index (χ4n) is 2.71. The highest BCUT2D eigenvalue weighted by Gasteiger charge is 2.30. The molecule has 13 nitrogen and oxygen atoms in total.